The van der Waals surface area contributed by atoms with Gasteiger partial charge in [0, 0.05) is 38.7 Å². The van der Waals surface area contributed by atoms with Gasteiger partial charge < -0.3 is 30.2 Å². The molecule has 0 saturated heterocycles. The number of nitrogens with one attached hydrogen (secondary N) is 3. The number of benzene rings is 1. The van der Waals surface area contributed by atoms with Gasteiger partial charge >= 0.3 is 6.09 Å². The molecule has 0 aliphatic heterocycles. The summed E-state index contributed by atoms with van der Waals surface area (Å²) in [6.07, 6.45) is 4.07. The summed E-state index contributed by atoms with van der Waals surface area (Å²) in [4.78, 5) is 40.5. The normalized spacial score (nSPS) is 10.4. The van der Waals surface area contributed by atoms with Crippen LogP contribution in [0.3, 0.4) is 0 Å². The minimum Gasteiger partial charge on any atom is -0.445 e. The lowest BCUT2D eigenvalue weighted by Crippen LogP contribution is -2.24. The summed E-state index contributed by atoms with van der Waals surface area (Å²) in [6.45, 7) is 3.88. The number of aromatic nitrogens is 3. The predicted molar refractivity (Wildman–Crippen MR) is 124 cm³/mol. The van der Waals surface area contributed by atoms with Crippen molar-refractivity contribution in [3.8, 4) is 0 Å². The number of amides is 3. The van der Waals surface area contributed by atoms with Crippen molar-refractivity contribution in [3.05, 3.63) is 72.5 Å². The number of nitrogen functional groups attached to an aromatic ring is 1. The molecule has 2 heterocycles. The first-order chi connectivity index (χ1) is 15.8. The van der Waals surface area contributed by atoms with E-state index in [9.17, 15) is 14.4 Å². The Bertz CT molecular complexity index is 1180. The fourth-order valence-corrected chi connectivity index (χ4v) is 3.01. The quantitative estimate of drug-likeness (QED) is 0.387. The fraction of sp³-hybridized carbons (Fsp3) is 0.182. The van der Waals surface area contributed by atoms with Gasteiger partial charge in [-0.1, -0.05) is 24.8 Å². The van der Waals surface area contributed by atoms with Crippen LogP contribution in [0.4, 0.5) is 22.0 Å². The molecular weight excluding hydrogens is 426 g/mol. The first-order valence-electron chi connectivity index (χ1n) is 9.95. The summed E-state index contributed by atoms with van der Waals surface area (Å²) < 4.78 is 7.99. The monoisotopic (exact) mass is 451 g/mol. The maximum Gasteiger partial charge on any atom is 0.411 e. The van der Waals surface area contributed by atoms with Gasteiger partial charge in [0.1, 0.15) is 18.1 Å². The molecule has 0 aliphatic rings. The SMILES string of the molecule is C=CCOC(=O)Nc1ccc(CNC(=O)c2cc(NC(=O)c3nc(N)cn3C)cn2C)cc1. The number of nitrogens with two attached hydrogens (primary N) is 1. The summed E-state index contributed by atoms with van der Waals surface area (Å²) in [7, 11) is 3.37. The molecule has 3 aromatic rings. The Kier molecular flexibility index (Phi) is 7.13. The molecule has 3 amide bonds. The van der Waals surface area contributed by atoms with Crippen molar-refractivity contribution >= 4 is 35.1 Å². The number of hydrogen-bond donors (Lipinski definition) is 4. The van der Waals surface area contributed by atoms with Crippen LogP contribution in [0.15, 0.2) is 55.4 Å². The van der Waals surface area contributed by atoms with E-state index in [-0.39, 0.29) is 30.7 Å². The lowest BCUT2D eigenvalue weighted by molar-refractivity contribution is 0.0941. The van der Waals surface area contributed by atoms with E-state index < -0.39 is 12.0 Å². The minimum atomic E-state index is -0.575. The van der Waals surface area contributed by atoms with Crippen molar-refractivity contribution in [2.45, 2.75) is 6.54 Å². The molecule has 0 unspecified atom stereocenters. The zero-order valence-electron chi connectivity index (χ0n) is 18.3. The Balaban J connectivity index is 1.56. The highest BCUT2D eigenvalue weighted by Crippen LogP contribution is 2.15. The van der Waals surface area contributed by atoms with Crippen molar-refractivity contribution in [1.82, 2.24) is 19.4 Å². The number of carbonyl (C=O) groups excluding carboxylic acids is 3. The van der Waals surface area contributed by atoms with Crippen LogP contribution in [0, 0.1) is 0 Å². The molecule has 0 bridgehead atoms. The Hall–Kier alpha value is -4.54. The number of carbonyl (C=O) groups is 3. The molecule has 0 radical (unpaired) electrons. The van der Waals surface area contributed by atoms with Crippen molar-refractivity contribution in [3.63, 3.8) is 0 Å². The Morgan fingerprint density at radius 3 is 2.42 bits per heavy atom. The number of ether oxygens (including phenoxy) is 1. The molecule has 11 nitrogen and oxygen atoms in total. The molecule has 1 aromatic carbocycles. The average Bonchev–Trinajstić information content (AvgIpc) is 3.32. The lowest BCUT2D eigenvalue weighted by atomic mass is 10.2. The summed E-state index contributed by atoms with van der Waals surface area (Å²) in [5.74, 6) is -0.343. The van der Waals surface area contributed by atoms with Gasteiger partial charge in [0.2, 0.25) is 5.82 Å². The molecule has 0 fully saturated rings. The van der Waals surface area contributed by atoms with Gasteiger partial charge in [0.15, 0.2) is 0 Å². The van der Waals surface area contributed by atoms with Crippen LogP contribution in [0.5, 0.6) is 0 Å². The molecular formula is C22H25N7O4. The van der Waals surface area contributed by atoms with Crippen LogP contribution in [0.1, 0.15) is 26.7 Å². The maximum absolute atomic E-state index is 12.6. The number of anilines is 3. The van der Waals surface area contributed by atoms with E-state index in [0.717, 1.165) is 5.56 Å². The highest BCUT2D eigenvalue weighted by molar-refractivity contribution is 6.03. The summed E-state index contributed by atoms with van der Waals surface area (Å²) in [6, 6.07) is 8.53. The van der Waals surface area contributed by atoms with Crippen molar-refractivity contribution in [2.75, 3.05) is 23.0 Å². The third-order valence-electron chi connectivity index (χ3n) is 4.58. The maximum atomic E-state index is 12.6. The van der Waals surface area contributed by atoms with E-state index in [0.29, 0.717) is 17.1 Å². The van der Waals surface area contributed by atoms with Gasteiger partial charge in [0.25, 0.3) is 11.8 Å². The molecule has 0 atom stereocenters. The van der Waals surface area contributed by atoms with Crippen LogP contribution >= 0.6 is 0 Å². The van der Waals surface area contributed by atoms with Crippen molar-refractivity contribution in [1.29, 1.82) is 0 Å². The lowest BCUT2D eigenvalue weighted by Gasteiger charge is -2.08. The molecule has 5 N–H and O–H groups in total. The van der Waals surface area contributed by atoms with Gasteiger partial charge in [-0.25, -0.2) is 9.78 Å². The van der Waals surface area contributed by atoms with Gasteiger partial charge in [-0.05, 0) is 23.8 Å². The fourth-order valence-electron chi connectivity index (χ4n) is 3.01. The number of rotatable bonds is 8. The van der Waals surface area contributed by atoms with Crippen LogP contribution in [-0.2, 0) is 25.4 Å². The van der Waals surface area contributed by atoms with Crippen molar-refractivity contribution in [2.24, 2.45) is 14.1 Å². The van der Waals surface area contributed by atoms with E-state index >= 15 is 0 Å². The van der Waals surface area contributed by atoms with Crippen LogP contribution < -0.4 is 21.7 Å². The third kappa shape index (κ3) is 6.00. The molecule has 33 heavy (non-hydrogen) atoms. The highest BCUT2D eigenvalue weighted by atomic mass is 16.5. The number of imidazole rings is 1. The molecule has 3 rings (SSSR count). The standard InChI is InChI=1S/C22H25N7O4/c1-4-9-33-22(32)26-15-7-5-14(6-8-15)11-24-20(30)17-10-16(12-28(17)2)25-21(31)19-27-18(23)13-29(19)3/h4-8,10,12-13H,1,9,11,23H2,2-3H3,(H,24,30)(H,25,31)(H,26,32). The third-order valence-corrected chi connectivity index (χ3v) is 4.58. The minimum absolute atomic E-state index is 0.123. The van der Waals surface area contributed by atoms with E-state index in [4.69, 9.17) is 10.5 Å². The largest absolute Gasteiger partial charge is 0.445 e. The molecule has 11 heteroatoms. The molecule has 0 spiro atoms. The first-order valence-corrected chi connectivity index (χ1v) is 9.95. The average molecular weight is 451 g/mol. The zero-order valence-corrected chi connectivity index (χ0v) is 18.3. The predicted octanol–water partition coefficient (Wildman–Crippen LogP) is 2.26. The molecule has 0 aliphatic carbocycles. The van der Waals surface area contributed by atoms with E-state index in [2.05, 4.69) is 27.5 Å². The second-order valence-corrected chi connectivity index (χ2v) is 7.17. The Labute approximate surface area is 190 Å². The Morgan fingerprint density at radius 2 is 1.79 bits per heavy atom. The second kappa shape index (κ2) is 10.2. The zero-order chi connectivity index (χ0) is 24.0. The van der Waals surface area contributed by atoms with Crippen LogP contribution in [0.25, 0.3) is 0 Å². The Morgan fingerprint density at radius 1 is 1.06 bits per heavy atom. The van der Waals surface area contributed by atoms with E-state index in [1.807, 2.05) is 0 Å². The van der Waals surface area contributed by atoms with Gasteiger partial charge in [-0.15, -0.1) is 0 Å². The van der Waals surface area contributed by atoms with Gasteiger partial charge in [-0.3, -0.25) is 14.9 Å². The van der Waals surface area contributed by atoms with Crippen molar-refractivity contribution < 1.29 is 19.1 Å². The van der Waals surface area contributed by atoms with Gasteiger partial charge in [-0.2, -0.15) is 0 Å². The summed E-state index contributed by atoms with van der Waals surface area (Å²) >= 11 is 0. The summed E-state index contributed by atoms with van der Waals surface area (Å²) in [5, 5.41) is 8.12. The smallest absolute Gasteiger partial charge is 0.411 e. The first kappa shape index (κ1) is 23.1. The topological polar surface area (TPSA) is 145 Å². The molecule has 2 aromatic heterocycles. The second-order valence-electron chi connectivity index (χ2n) is 7.17. The van der Waals surface area contributed by atoms with E-state index in [1.165, 1.54) is 16.8 Å². The van der Waals surface area contributed by atoms with Gasteiger partial charge in [0.05, 0.1) is 5.69 Å². The number of hydrogen-bond acceptors (Lipinski definition) is 6. The highest BCUT2D eigenvalue weighted by Gasteiger charge is 2.17. The molecule has 0 saturated carbocycles. The summed E-state index contributed by atoms with van der Waals surface area (Å²) in [5.41, 5.74) is 7.83. The number of aryl methyl sites for hydroxylation is 2. The van der Waals surface area contributed by atoms with E-state index in [1.54, 1.807) is 55.2 Å². The molecule has 172 valence electrons. The van der Waals surface area contributed by atoms with Crippen LogP contribution in [-0.4, -0.2) is 38.6 Å². The number of nitrogens with zero attached hydrogens (tertiary/aromatic N) is 3. The van der Waals surface area contributed by atoms with Crippen LogP contribution in [0.2, 0.25) is 0 Å².